The molecular weight excluding hydrogens is 178 g/mol. The summed E-state index contributed by atoms with van der Waals surface area (Å²) in [6.07, 6.45) is 0. The normalized spacial score (nSPS) is 9.14. The second kappa shape index (κ2) is 4.28. The third kappa shape index (κ3) is 2.23. The van der Waals surface area contributed by atoms with E-state index in [2.05, 4.69) is 11.4 Å². The van der Waals surface area contributed by atoms with E-state index in [1.165, 1.54) is 0 Å². The van der Waals surface area contributed by atoms with Crippen LogP contribution in [0.4, 0.5) is 5.69 Å². The first-order valence-electron chi connectivity index (χ1n) is 4.17. The van der Waals surface area contributed by atoms with E-state index < -0.39 is 5.91 Å². The quantitative estimate of drug-likeness (QED) is 0.736. The average Bonchev–Trinajstić information content (AvgIpc) is 2.14. The molecule has 14 heavy (non-hydrogen) atoms. The Bertz CT molecular complexity index is 393. The maximum Gasteiger partial charge on any atom is 0.236 e. The molecule has 1 amide bonds. The highest BCUT2D eigenvalue weighted by Crippen LogP contribution is 2.17. The number of amides is 1. The zero-order chi connectivity index (χ0) is 10.6. The molecule has 0 aliphatic rings. The fraction of sp³-hybridized carbons (Fsp3) is 0.200. The highest BCUT2D eigenvalue weighted by Gasteiger charge is 2.04. The number of nitrogens with one attached hydrogen (secondary N) is 1. The van der Waals surface area contributed by atoms with Crippen molar-refractivity contribution in [2.75, 3.05) is 11.9 Å². The summed E-state index contributed by atoms with van der Waals surface area (Å²) in [5, 5.41) is 11.7. The van der Waals surface area contributed by atoms with Crippen LogP contribution in [0.25, 0.3) is 0 Å². The van der Waals surface area contributed by atoms with Crippen molar-refractivity contribution in [3.63, 3.8) is 0 Å². The Morgan fingerprint density at radius 1 is 1.64 bits per heavy atom. The number of benzene rings is 1. The molecule has 0 fully saturated rings. The summed E-state index contributed by atoms with van der Waals surface area (Å²) < 4.78 is 0. The molecule has 0 aliphatic heterocycles. The molecule has 0 atom stereocenters. The van der Waals surface area contributed by atoms with Crippen molar-refractivity contribution in [3.8, 4) is 6.07 Å². The Kier molecular flexibility index (Phi) is 3.08. The van der Waals surface area contributed by atoms with E-state index in [1.807, 2.05) is 19.1 Å². The molecule has 0 saturated heterocycles. The number of carbonyl (C=O) groups is 1. The number of nitrogens with zero attached hydrogens (tertiary/aromatic N) is 1. The number of primary amides is 1. The zero-order valence-electron chi connectivity index (χ0n) is 7.87. The van der Waals surface area contributed by atoms with Crippen LogP contribution >= 0.6 is 0 Å². The first-order chi connectivity index (χ1) is 6.65. The van der Waals surface area contributed by atoms with Crippen LogP contribution in [-0.2, 0) is 4.79 Å². The Labute approximate surface area is 82.3 Å². The number of nitriles is 1. The number of rotatable bonds is 3. The fourth-order valence-corrected chi connectivity index (χ4v) is 1.15. The van der Waals surface area contributed by atoms with Gasteiger partial charge in [-0.2, -0.15) is 5.26 Å². The standard InChI is InChI=1S/C10H11N3O/c1-7-3-2-4-9(8(7)5-11)13-6-10(12)14/h2-4,13H,6H2,1H3,(H2,12,14). The average molecular weight is 189 g/mol. The second-order valence-corrected chi connectivity index (χ2v) is 2.93. The first kappa shape index (κ1) is 10.1. The highest BCUT2D eigenvalue weighted by molar-refractivity contribution is 5.79. The van der Waals surface area contributed by atoms with Crippen molar-refractivity contribution in [3.05, 3.63) is 29.3 Å². The molecule has 1 aromatic carbocycles. The molecule has 0 saturated carbocycles. The lowest BCUT2D eigenvalue weighted by atomic mass is 10.1. The van der Waals surface area contributed by atoms with E-state index in [9.17, 15) is 4.79 Å². The number of nitrogens with two attached hydrogens (primary N) is 1. The molecule has 0 radical (unpaired) electrons. The highest BCUT2D eigenvalue weighted by atomic mass is 16.1. The lowest BCUT2D eigenvalue weighted by Gasteiger charge is -2.07. The molecule has 0 aliphatic carbocycles. The van der Waals surface area contributed by atoms with Crippen LogP contribution in [0.1, 0.15) is 11.1 Å². The Morgan fingerprint density at radius 3 is 2.93 bits per heavy atom. The van der Waals surface area contributed by atoms with Gasteiger partial charge in [-0.1, -0.05) is 12.1 Å². The van der Waals surface area contributed by atoms with E-state index >= 15 is 0 Å². The van der Waals surface area contributed by atoms with Gasteiger partial charge in [0.15, 0.2) is 0 Å². The van der Waals surface area contributed by atoms with E-state index in [0.717, 1.165) is 5.56 Å². The molecule has 0 heterocycles. The molecular formula is C10H11N3O. The summed E-state index contributed by atoms with van der Waals surface area (Å²) in [6, 6.07) is 7.48. The van der Waals surface area contributed by atoms with Gasteiger partial charge in [0, 0.05) is 0 Å². The summed E-state index contributed by atoms with van der Waals surface area (Å²) in [7, 11) is 0. The van der Waals surface area contributed by atoms with Crippen molar-refractivity contribution >= 4 is 11.6 Å². The summed E-state index contributed by atoms with van der Waals surface area (Å²) in [5.41, 5.74) is 7.06. The molecule has 0 aromatic heterocycles. The summed E-state index contributed by atoms with van der Waals surface area (Å²) >= 11 is 0. The van der Waals surface area contributed by atoms with Crippen molar-refractivity contribution in [2.24, 2.45) is 5.73 Å². The molecule has 0 spiro atoms. The van der Waals surface area contributed by atoms with Crippen LogP contribution in [-0.4, -0.2) is 12.5 Å². The zero-order valence-corrected chi connectivity index (χ0v) is 7.87. The number of hydrogen-bond donors (Lipinski definition) is 2. The second-order valence-electron chi connectivity index (χ2n) is 2.93. The van der Waals surface area contributed by atoms with Crippen LogP contribution < -0.4 is 11.1 Å². The maximum absolute atomic E-state index is 10.5. The van der Waals surface area contributed by atoms with Gasteiger partial charge in [0.05, 0.1) is 17.8 Å². The minimum atomic E-state index is -0.449. The van der Waals surface area contributed by atoms with Crippen molar-refractivity contribution < 1.29 is 4.79 Å². The molecule has 4 nitrogen and oxygen atoms in total. The van der Waals surface area contributed by atoms with Crippen molar-refractivity contribution in [2.45, 2.75) is 6.92 Å². The minimum absolute atomic E-state index is 0.0398. The first-order valence-corrected chi connectivity index (χ1v) is 4.17. The van der Waals surface area contributed by atoms with E-state index in [0.29, 0.717) is 11.3 Å². The van der Waals surface area contributed by atoms with Gasteiger partial charge in [0.2, 0.25) is 5.91 Å². The SMILES string of the molecule is Cc1cccc(NCC(N)=O)c1C#N. The number of anilines is 1. The van der Waals surface area contributed by atoms with Gasteiger partial charge in [-0.3, -0.25) is 4.79 Å². The molecule has 72 valence electrons. The third-order valence-electron chi connectivity index (χ3n) is 1.84. The summed E-state index contributed by atoms with van der Waals surface area (Å²) in [6.45, 7) is 1.88. The van der Waals surface area contributed by atoms with Gasteiger partial charge in [-0.15, -0.1) is 0 Å². The largest absolute Gasteiger partial charge is 0.375 e. The Balaban J connectivity index is 2.92. The summed E-state index contributed by atoms with van der Waals surface area (Å²) in [4.78, 5) is 10.5. The lowest BCUT2D eigenvalue weighted by Crippen LogP contribution is -2.22. The fourth-order valence-electron chi connectivity index (χ4n) is 1.15. The monoisotopic (exact) mass is 189 g/mol. The van der Waals surface area contributed by atoms with Crippen LogP contribution in [0.3, 0.4) is 0 Å². The van der Waals surface area contributed by atoms with Gasteiger partial charge >= 0.3 is 0 Å². The van der Waals surface area contributed by atoms with Crippen LogP contribution in [0.5, 0.6) is 0 Å². The van der Waals surface area contributed by atoms with E-state index in [-0.39, 0.29) is 6.54 Å². The van der Waals surface area contributed by atoms with Crippen LogP contribution in [0.2, 0.25) is 0 Å². The van der Waals surface area contributed by atoms with Gasteiger partial charge in [-0.05, 0) is 18.6 Å². The van der Waals surface area contributed by atoms with Gasteiger partial charge < -0.3 is 11.1 Å². The molecule has 1 rings (SSSR count). The van der Waals surface area contributed by atoms with Gasteiger partial charge in [0.25, 0.3) is 0 Å². The predicted molar refractivity (Wildman–Crippen MR) is 53.6 cm³/mol. The maximum atomic E-state index is 10.5. The smallest absolute Gasteiger partial charge is 0.236 e. The minimum Gasteiger partial charge on any atom is -0.375 e. The van der Waals surface area contributed by atoms with Crippen molar-refractivity contribution in [1.82, 2.24) is 0 Å². The Morgan fingerprint density at radius 2 is 2.36 bits per heavy atom. The molecule has 3 N–H and O–H groups in total. The van der Waals surface area contributed by atoms with Crippen LogP contribution in [0, 0.1) is 18.3 Å². The van der Waals surface area contributed by atoms with Gasteiger partial charge in [0.1, 0.15) is 6.07 Å². The predicted octanol–water partition coefficient (Wildman–Crippen LogP) is 0.764. The Hall–Kier alpha value is -2.02. The third-order valence-corrected chi connectivity index (χ3v) is 1.84. The molecule has 0 bridgehead atoms. The topological polar surface area (TPSA) is 78.9 Å². The van der Waals surface area contributed by atoms with Crippen molar-refractivity contribution in [1.29, 1.82) is 5.26 Å². The van der Waals surface area contributed by atoms with Crippen LogP contribution in [0.15, 0.2) is 18.2 Å². The number of hydrogen-bond acceptors (Lipinski definition) is 3. The molecule has 0 unspecified atom stereocenters. The summed E-state index contributed by atoms with van der Waals surface area (Å²) in [5.74, 6) is -0.449. The molecule has 1 aromatic rings. The number of carbonyl (C=O) groups excluding carboxylic acids is 1. The lowest BCUT2D eigenvalue weighted by molar-refractivity contribution is -0.116. The van der Waals surface area contributed by atoms with E-state index in [1.54, 1.807) is 6.07 Å². The van der Waals surface area contributed by atoms with E-state index in [4.69, 9.17) is 11.0 Å². The number of aryl methyl sites for hydroxylation is 1. The van der Waals surface area contributed by atoms with Gasteiger partial charge in [-0.25, -0.2) is 0 Å². The molecule has 4 heteroatoms.